The Bertz CT molecular complexity index is 247. The third kappa shape index (κ3) is 4.32. The van der Waals surface area contributed by atoms with Crippen molar-refractivity contribution in [2.24, 2.45) is 5.92 Å². The molecule has 4 heteroatoms. The number of carbonyl (C=O) groups excluding carboxylic acids is 1. The van der Waals surface area contributed by atoms with Crippen LogP contribution in [0, 0.1) is 18.3 Å². The van der Waals surface area contributed by atoms with Crippen molar-refractivity contribution in [1.29, 1.82) is 0 Å². The smallest absolute Gasteiger partial charge is 0.233 e. The zero-order chi connectivity index (χ0) is 11.1. The van der Waals surface area contributed by atoms with Gasteiger partial charge in [-0.2, -0.15) is 0 Å². The molecule has 1 rings (SSSR count). The molecular weight excluding hydrogens is 192 g/mol. The third-order valence-electron chi connectivity index (χ3n) is 2.61. The summed E-state index contributed by atoms with van der Waals surface area (Å²) in [6, 6.07) is 0. The summed E-state index contributed by atoms with van der Waals surface area (Å²) in [4.78, 5) is 11.3. The molecule has 0 aromatic heterocycles. The maximum absolute atomic E-state index is 11.3. The first-order valence-corrected chi connectivity index (χ1v) is 5.26. The van der Waals surface area contributed by atoms with Gasteiger partial charge in [-0.3, -0.25) is 10.1 Å². The van der Waals surface area contributed by atoms with Crippen molar-refractivity contribution in [3.8, 4) is 12.3 Å². The number of hydrogen-bond acceptors (Lipinski definition) is 3. The largest absolute Gasteiger partial charge is 0.378 e. The fraction of sp³-hybridized carbons (Fsp3) is 0.727. The molecule has 1 aliphatic rings. The molecule has 1 amide bonds. The van der Waals surface area contributed by atoms with Crippen molar-refractivity contribution in [2.45, 2.75) is 19.4 Å². The van der Waals surface area contributed by atoms with Gasteiger partial charge in [-0.15, -0.1) is 6.42 Å². The van der Waals surface area contributed by atoms with Crippen LogP contribution in [0.1, 0.15) is 13.3 Å². The average molecular weight is 210 g/mol. The second kappa shape index (κ2) is 6.44. The second-order valence-electron chi connectivity index (χ2n) is 3.74. The Labute approximate surface area is 90.8 Å². The molecule has 15 heavy (non-hydrogen) atoms. The van der Waals surface area contributed by atoms with E-state index in [1.807, 2.05) is 6.92 Å². The summed E-state index contributed by atoms with van der Waals surface area (Å²) in [7, 11) is 0. The lowest BCUT2D eigenvalue weighted by Crippen LogP contribution is -2.38. The normalized spacial score (nSPS) is 24.8. The van der Waals surface area contributed by atoms with Crippen LogP contribution in [0.2, 0.25) is 0 Å². The summed E-state index contributed by atoms with van der Waals surface area (Å²) in [6.45, 7) is 4.25. The molecule has 0 radical (unpaired) electrons. The minimum absolute atomic E-state index is 0.00986. The maximum atomic E-state index is 11.3. The number of amides is 1. The first-order chi connectivity index (χ1) is 7.24. The van der Waals surface area contributed by atoms with Crippen molar-refractivity contribution >= 4 is 5.91 Å². The van der Waals surface area contributed by atoms with Crippen molar-refractivity contribution in [2.75, 3.05) is 26.2 Å². The molecule has 4 nitrogen and oxygen atoms in total. The van der Waals surface area contributed by atoms with Crippen LogP contribution in [0.15, 0.2) is 0 Å². The SMILES string of the molecule is C#CCNCC(=O)NCC1CCOC1C. The van der Waals surface area contributed by atoms with Gasteiger partial charge in [-0.25, -0.2) is 0 Å². The van der Waals surface area contributed by atoms with Gasteiger partial charge in [0.1, 0.15) is 0 Å². The lowest BCUT2D eigenvalue weighted by atomic mass is 10.0. The van der Waals surface area contributed by atoms with E-state index in [4.69, 9.17) is 11.2 Å². The summed E-state index contributed by atoms with van der Waals surface area (Å²) in [6.07, 6.45) is 6.33. The van der Waals surface area contributed by atoms with E-state index in [1.54, 1.807) is 0 Å². The van der Waals surface area contributed by atoms with E-state index in [9.17, 15) is 4.79 Å². The molecule has 0 aromatic rings. The minimum Gasteiger partial charge on any atom is -0.378 e. The number of terminal acetylenes is 1. The van der Waals surface area contributed by atoms with E-state index in [1.165, 1.54) is 0 Å². The number of rotatable bonds is 5. The van der Waals surface area contributed by atoms with Gasteiger partial charge in [0, 0.05) is 19.1 Å². The predicted molar refractivity (Wildman–Crippen MR) is 58.2 cm³/mol. The molecule has 2 unspecified atom stereocenters. The van der Waals surface area contributed by atoms with Crippen molar-refractivity contribution in [3.05, 3.63) is 0 Å². The monoisotopic (exact) mass is 210 g/mol. The van der Waals surface area contributed by atoms with E-state index in [0.717, 1.165) is 13.0 Å². The highest BCUT2D eigenvalue weighted by atomic mass is 16.5. The van der Waals surface area contributed by atoms with Crippen LogP contribution in [-0.2, 0) is 9.53 Å². The van der Waals surface area contributed by atoms with E-state index >= 15 is 0 Å². The summed E-state index contributed by atoms with van der Waals surface area (Å²) < 4.78 is 5.40. The Morgan fingerprint density at radius 2 is 2.47 bits per heavy atom. The molecule has 2 N–H and O–H groups in total. The number of ether oxygens (including phenoxy) is 1. The molecule has 0 bridgehead atoms. The maximum Gasteiger partial charge on any atom is 0.233 e. The van der Waals surface area contributed by atoms with Gasteiger partial charge in [-0.1, -0.05) is 5.92 Å². The van der Waals surface area contributed by atoms with Gasteiger partial charge in [0.25, 0.3) is 0 Å². The Morgan fingerprint density at radius 3 is 3.07 bits per heavy atom. The van der Waals surface area contributed by atoms with E-state index in [2.05, 4.69) is 16.6 Å². The average Bonchev–Trinajstić information content (AvgIpc) is 2.61. The molecule has 0 aromatic carbocycles. The highest BCUT2D eigenvalue weighted by Gasteiger charge is 2.24. The Kier molecular flexibility index (Phi) is 5.16. The topological polar surface area (TPSA) is 50.4 Å². The molecule has 0 spiro atoms. The van der Waals surface area contributed by atoms with Gasteiger partial charge < -0.3 is 10.1 Å². The Balaban J connectivity index is 2.08. The van der Waals surface area contributed by atoms with E-state index in [-0.39, 0.29) is 18.6 Å². The molecule has 1 fully saturated rings. The van der Waals surface area contributed by atoms with E-state index in [0.29, 0.717) is 19.0 Å². The van der Waals surface area contributed by atoms with Gasteiger partial charge >= 0.3 is 0 Å². The summed E-state index contributed by atoms with van der Waals surface area (Å²) >= 11 is 0. The Morgan fingerprint density at radius 1 is 1.67 bits per heavy atom. The molecule has 1 aliphatic heterocycles. The zero-order valence-electron chi connectivity index (χ0n) is 9.08. The lowest BCUT2D eigenvalue weighted by Gasteiger charge is -2.14. The standard InChI is InChI=1S/C11H18N2O2/c1-3-5-12-8-11(14)13-7-10-4-6-15-9(10)2/h1,9-10,12H,4-8H2,2H3,(H,13,14). The lowest BCUT2D eigenvalue weighted by molar-refractivity contribution is -0.120. The van der Waals surface area contributed by atoms with Crippen LogP contribution in [0.5, 0.6) is 0 Å². The van der Waals surface area contributed by atoms with Crippen LogP contribution in [0.25, 0.3) is 0 Å². The molecule has 1 saturated heterocycles. The van der Waals surface area contributed by atoms with Crippen molar-refractivity contribution in [1.82, 2.24) is 10.6 Å². The van der Waals surface area contributed by atoms with Gasteiger partial charge in [0.15, 0.2) is 0 Å². The zero-order valence-corrected chi connectivity index (χ0v) is 9.08. The quantitative estimate of drug-likeness (QED) is 0.486. The highest BCUT2D eigenvalue weighted by molar-refractivity contribution is 5.77. The van der Waals surface area contributed by atoms with Crippen LogP contribution in [-0.4, -0.2) is 38.3 Å². The van der Waals surface area contributed by atoms with Crippen LogP contribution >= 0.6 is 0 Å². The molecular formula is C11H18N2O2. The van der Waals surface area contributed by atoms with Crippen LogP contribution in [0.4, 0.5) is 0 Å². The summed E-state index contributed by atoms with van der Waals surface area (Å²) in [5.41, 5.74) is 0. The van der Waals surface area contributed by atoms with Crippen molar-refractivity contribution < 1.29 is 9.53 Å². The highest BCUT2D eigenvalue weighted by Crippen LogP contribution is 2.18. The van der Waals surface area contributed by atoms with Crippen molar-refractivity contribution in [3.63, 3.8) is 0 Å². The number of nitrogens with one attached hydrogen (secondary N) is 2. The summed E-state index contributed by atoms with van der Waals surface area (Å²) in [5.74, 6) is 2.85. The fourth-order valence-electron chi connectivity index (χ4n) is 1.60. The first kappa shape index (κ1) is 12.0. The molecule has 0 saturated carbocycles. The Hall–Kier alpha value is -1.05. The molecule has 0 aliphatic carbocycles. The molecule has 1 heterocycles. The van der Waals surface area contributed by atoms with Crippen LogP contribution in [0.3, 0.4) is 0 Å². The number of hydrogen-bond donors (Lipinski definition) is 2. The minimum atomic E-state index is -0.00986. The molecule has 84 valence electrons. The predicted octanol–water partition coefficient (Wildman–Crippen LogP) is -0.250. The first-order valence-electron chi connectivity index (χ1n) is 5.26. The van der Waals surface area contributed by atoms with Crippen LogP contribution < -0.4 is 10.6 Å². The summed E-state index contributed by atoms with van der Waals surface area (Å²) in [5, 5.41) is 5.71. The van der Waals surface area contributed by atoms with E-state index < -0.39 is 0 Å². The third-order valence-corrected chi connectivity index (χ3v) is 2.61. The second-order valence-corrected chi connectivity index (χ2v) is 3.74. The van der Waals surface area contributed by atoms with Gasteiger partial charge in [0.05, 0.1) is 19.2 Å². The van der Waals surface area contributed by atoms with Gasteiger partial charge in [0.2, 0.25) is 5.91 Å². The molecule has 2 atom stereocenters. The fourth-order valence-corrected chi connectivity index (χ4v) is 1.60. The van der Waals surface area contributed by atoms with Gasteiger partial charge in [-0.05, 0) is 13.3 Å². The number of carbonyl (C=O) groups is 1.